The molecule has 1 aromatic rings. The smallest absolute Gasteiger partial charge is 0.0601 e. The van der Waals surface area contributed by atoms with Crippen LogP contribution in [0.25, 0.3) is 0 Å². The molecule has 0 aromatic carbocycles. The van der Waals surface area contributed by atoms with Gasteiger partial charge in [0.15, 0.2) is 0 Å². The molecule has 0 radical (unpaired) electrons. The Labute approximate surface area is 94.3 Å². The van der Waals surface area contributed by atoms with E-state index in [2.05, 4.69) is 41.5 Å². The zero-order valence-corrected chi connectivity index (χ0v) is 10.2. The van der Waals surface area contributed by atoms with Crippen LogP contribution in [0.4, 0.5) is 0 Å². The molecule has 14 heavy (non-hydrogen) atoms. The van der Waals surface area contributed by atoms with Crippen LogP contribution in [0.2, 0.25) is 0 Å². The highest BCUT2D eigenvalue weighted by molar-refractivity contribution is 8.01. The van der Waals surface area contributed by atoms with Crippen LogP contribution in [-0.2, 0) is 0 Å². The molecule has 2 atom stereocenters. The van der Waals surface area contributed by atoms with Crippen molar-refractivity contribution >= 4 is 23.1 Å². The second kappa shape index (κ2) is 5.19. The van der Waals surface area contributed by atoms with Crippen LogP contribution in [0.5, 0.6) is 0 Å². The molecule has 0 spiro atoms. The second-order valence-corrected chi connectivity index (χ2v) is 6.29. The maximum absolute atomic E-state index is 3.54. The zero-order valence-electron chi connectivity index (χ0n) is 8.53. The molecule has 0 bridgehead atoms. The highest BCUT2D eigenvalue weighted by atomic mass is 32.2. The van der Waals surface area contributed by atoms with E-state index in [-0.39, 0.29) is 0 Å². The third kappa shape index (κ3) is 2.75. The largest absolute Gasteiger partial charge is 0.314 e. The topological polar surface area (TPSA) is 12.0 Å². The van der Waals surface area contributed by atoms with Crippen molar-refractivity contribution in [2.24, 2.45) is 0 Å². The molecule has 1 fully saturated rings. The van der Waals surface area contributed by atoms with Gasteiger partial charge in [-0.1, -0.05) is 13.0 Å². The van der Waals surface area contributed by atoms with Crippen LogP contribution in [-0.4, -0.2) is 17.8 Å². The molecule has 1 heterocycles. The standard InChI is InChI=1S/C11H17NS2/c1-2-12-9-5-6-10(8-9)14-11-4-3-7-13-11/h3-4,7,9-10,12H,2,5-6,8H2,1H3. The molecular weight excluding hydrogens is 210 g/mol. The lowest BCUT2D eigenvalue weighted by atomic mass is 10.2. The van der Waals surface area contributed by atoms with Gasteiger partial charge in [0.2, 0.25) is 0 Å². The number of hydrogen-bond donors (Lipinski definition) is 1. The molecule has 1 aromatic heterocycles. The van der Waals surface area contributed by atoms with E-state index in [4.69, 9.17) is 0 Å². The number of thioether (sulfide) groups is 1. The van der Waals surface area contributed by atoms with Gasteiger partial charge in [0.25, 0.3) is 0 Å². The lowest BCUT2D eigenvalue weighted by Crippen LogP contribution is -2.25. The van der Waals surface area contributed by atoms with Gasteiger partial charge in [0.1, 0.15) is 0 Å². The van der Waals surface area contributed by atoms with Crippen molar-refractivity contribution in [3.05, 3.63) is 17.5 Å². The van der Waals surface area contributed by atoms with Crippen LogP contribution in [0.15, 0.2) is 21.7 Å². The average Bonchev–Trinajstić information content (AvgIpc) is 2.79. The van der Waals surface area contributed by atoms with E-state index < -0.39 is 0 Å². The zero-order chi connectivity index (χ0) is 9.80. The predicted octanol–water partition coefficient (Wildman–Crippen LogP) is 3.37. The Morgan fingerprint density at radius 3 is 3.21 bits per heavy atom. The first-order chi connectivity index (χ1) is 6.88. The van der Waals surface area contributed by atoms with Crippen molar-refractivity contribution in [2.45, 2.75) is 41.7 Å². The van der Waals surface area contributed by atoms with Gasteiger partial charge in [0, 0.05) is 11.3 Å². The Morgan fingerprint density at radius 2 is 2.50 bits per heavy atom. The molecule has 0 amide bonds. The number of thiophene rings is 1. The lowest BCUT2D eigenvalue weighted by molar-refractivity contribution is 0.543. The molecular formula is C11H17NS2. The van der Waals surface area contributed by atoms with Crippen LogP contribution >= 0.6 is 23.1 Å². The van der Waals surface area contributed by atoms with Crippen molar-refractivity contribution in [3.8, 4) is 0 Å². The fraction of sp³-hybridized carbons (Fsp3) is 0.636. The van der Waals surface area contributed by atoms with Gasteiger partial charge in [-0.2, -0.15) is 0 Å². The monoisotopic (exact) mass is 227 g/mol. The third-order valence-corrected chi connectivity index (χ3v) is 5.02. The first kappa shape index (κ1) is 10.5. The molecule has 2 unspecified atom stereocenters. The van der Waals surface area contributed by atoms with Gasteiger partial charge < -0.3 is 5.32 Å². The second-order valence-electron chi connectivity index (χ2n) is 3.74. The first-order valence-electron chi connectivity index (χ1n) is 5.32. The van der Waals surface area contributed by atoms with Crippen LogP contribution in [0.1, 0.15) is 26.2 Å². The molecule has 1 nitrogen and oxygen atoms in total. The maximum atomic E-state index is 3.54. The Morgan fingerprint density at radius 1 is 1.57 bits per heavy atom. The summed E-state index contributed by atoms with van der Waals surface area (Å²) in [6.07, 6.45) is 4.08. The van der Waals surface area contributed by atoms with E-state index in [0.29, 0.717) is 0 Å². The molecule has 1 N–H and O–H groups in total. The summed E-state index contributed by atoms with van der Waals surface area (Å²) in [5.74, 6) is 0. The molecule has 78 valence electrons. The predicted molar refractivity (Wildman–Crippen MR) is 65.3 cm³/mol. The van der Waals surface area contributed by atoms with Crippen LogP contribution in [0.3, 0.4) is 0 Å². The SMILES string of the molecule is CCNC1CCC(Sc2cccs2)C1. The van der Waals surface area contributed by atoms with E-state index in [0.717, 1.165) is 17.8 Å². The van der Waals surface area contributed by atoms with Crippen molar-refractivity contribution in [1.29, 1.82) is 0 Å². The van der Waals surface area contributed by atoms with Gasteiger partial charge in [-0.05, 0) is 37.3 Å². The van der Waals surface area contributed by atoms with Crippen molar-refractivity contribution in [3.63, 3.8) is 0 Å². The quantitative estimate of drug-likeness (QED) is 0.846. The minimum absolute atomic E-state index is 0.775. The molecule has 0 saturated heterocycles. The van der Waals surface area contributed by atoms with Gasteiger partial charge in [-0.3, -0.25) is 0 Å². The summed E-state index contributed by atoms with van der Waals surface area (Å²) >= 11 is 3.93. The Hall–Kier alpha value is 0.01000. The minimum atomic E-state index is 0.775. The maximum Gasteiger partial charge on any atom is 0.0601 e. The first-order valence-corrected chi connectivity index (χ1v) is 7.08. The number of rotatable bonds is 4. The minimum Gasteiger partial charge on any atom is -0.314 e. The number of hydrogen-bond acceptors (Lipinski definition) is 3. The van der Waals surface area contributed by atoms with Gasteiger partial charge in [0.05, 0.1) is 4.21 Å². The van der Waals surface area contributed by atoms with Crippen molar-refractivity contribution in [1.82, 2.24) is 5.32 Å². The summed E-state index contributed by atoms with van der Waals surface area (Å²) < 4.78 is 1.48. The van der Waals surface area contributed by atoms with Crippen molar-refractivity contribution < 1.29 is 0 Å². The Balaban J connectivity index is 1.79. The van der Waals surface area contributed by atoms with Gasteiger partial charge in [-0.25, -0.2) is 0 Å². The summed E-state index contributed by atoms with van der Waals surface area (Å²) in [4.78, 5) is 0. The summed E-state index contributed by atoms with van der Waals surface area (Å²) in [6, 6.07) is 5.15. The van der Waals surface area contributed by atoms with E-state index in [1.165, 1.54) is 23.5 Å². The van der Waals surface area contributed by atoms with Crippen LogP contribution < -0.4 is 5.32 Å². The lowest BCUT2D eigenvalue weighted by Gasteiger charge is -2.10. The fourth-order valence-electron chi connectivity index (χ4n) is 2.02. The van der Waals surface area contributed by atoms with E-state index >= 15 is 0 Å². The Kier molecular flexibility index (Phi) is 3.90. The summed E-state index contributed by atoms with van der Waals surface area (Å²) in [7, 11) is 0. The summed E-state index contributed by atoms with van der Waals surface area (Å²) in [6.45, 7) is 3.31. The van der Waals surface area contributed by atoms with Gasteiger partial charge in [-0.15, -0.1) is 23.1 Å². The third-order valence-electron chi connectivity index (χ3n) is 2.66. The Bertz CT molecular complexity index is 258. The molecule has 1 aliphatic rings. The van der Waals surface area contributed by atoms with Crippen LogP contribution in [0, 0.1) is 0 Å². The average molecular weight is 227 g/mol. The highest BCUT2D eigenvalue weighted by Crippen LogP contribution is 2.36. The number of nitrogens with one attached hydrogen (secondary N) is 1. The highest BCUT2D eigenvalue weighted by Gasteiger charge is 2.24. The molecule has 0 aliphatic heterocycles. The van der Waals surface area contributed by atoms with E-state index in [1.54, 1.807) is 0 Å². The fourth-order valence-corrected chi connectivity index (χ4v) is 4.33. The normalized spacial score (nSPS) is 26.9. The van der Waals surface area contributed by atoms with E-state index in [1.807, 2.05) is 11.3 Å². The summed E-state index contributed by atoms with van der Waals surface area (Å²) in [5.41, 5.74) is 0. The van der Waals surface area contributed by atoms with Crippen molar-refractivity contribution in [2.75, 3.05) is 6.54 Å². The van der Waals surface area contributed by atoms with Gasteiger partial charge >= 0.3 is 0 Å². The van der Waals surface area contributed by atoms with E-state index in [9.17, 15) is 0 Å². The summed E-state index contributed by atoms with van der Waals surface area (Å²) in [5, 5.41) is 6.55. The molecule has 3 heteroatoms. The molecule has 1 saturated carbocycles. The molecule has 1 aliphatic carbocycles. The molecule has 2 rings (SSSR count).